The lowest BCUT2D eigenvalue weighted by Crippen LogP contribution is -1.88. The molecule has 0 aliphatic carbocycles. The zero-order chi connectivity index (χ0) is 19.9. The molecule has 0 aromatic heterocycles. The molecule has 1 radical (unpaired) electrons. The van der Waals surface area contributed by atoms with Crippen LogP contribution in [0.2, 0.25) is 0 Å². The van der Waals surface area contributed by atoms with Gasteiger partial charge in [-0.05, 0) is 52.9 Å². The topological polar surface area (TPSA) is 17.1 Å². The van der Waals surface area contributed by atoms with Crippen LogP contribution in [0.3, 0.4) is 0 Å². The van der Waals surface area contributed by atoms with Gasteiger partial charge in [0, 0.05) is 16.7 Å². The first-order valence-electron chi connectivity index (χ1n) is 9.54. The van der Waals surface area contributed by atoms with Gasteiger partial charge in [-0.15, -0.1) is 0 Å². The summed E-state index contributed by atoms with van der Waals surface area (Å²) >= 11 is 0. The quantitative estimate of drug-likeness (QED) is 0.414. The van der Waals surface area contributed by atoms with E-state index < -0.39 is 0 Å². The van der Waals surface area contributed by atoms with Crippen molar-refractivity contribution in [1.82, 2.24) is 0 Å². The highest BCUT2D eigenvalue weighted by Gasteiger charge is 2.03. The van der Waals surface area contributed by atoms with E-state index in [1.807, 2.05) is 54.8 Å². The van der Waals surface area contributed by atoms with Crippen molar-refractivity contribution >= 4 is 6.29 Å². The molecular formula is C28H19O. The lowest BCUT2D eigenvalue weighted by Gasteiger charge is -2.04. The molecule has 0 spiro atoms. The Morgan fingerprint density at radius 1 is 0.552 bits per heavy atom. The molecule has 0 fully saturated rings. The van der Waals surface area contributed by atoms with Crippen LogP contribution in [0, 0.1) is 11.8 Å². The predicted octanol–water partition coefficient (Wildman–Crippen LogP) is 5.80. The number of hydrogen-bond donors (Lipinski definition) is 0. The van der Waals surface area contributed by atoms with Gasteiger partial charge in [0.15, 0.2) is 0 Å². The van der Waals surface area contributed by atoms with Gasteiger partial charge in [0.25, 0.3) is 0 Å². The lowest BCUT2D eigenvalue weighted by molar-refractivity contribution is 0.563. The van der Waals surface area contributed by atoms with Crippen molar-refractivity contribution in [3.05, 3.63) is 131 Å². The second-order valence-corrected chi connectivity index (χ2v) is 6.83. The van der Waals surface area contributed by atoms with Crippen LogP contribution in [0.15, 0.2) is 103 Å². The van der Waals surface area contributed by atoms with Gasteiger partial charge in [-0.1, -0.05) is 90.7 Å². The van der Waals surface area contributed by atoms with Crippen LogP contribution in [0.4, 0.5) is 0 Å². The molecule has 0 aliphatic heterocycles. The minimum atomic E-state index is 0.571. The van der Waals surface area contributed by atoms with E-state index in [2.05, 4.69) is 60.4 Å². The van der Waals surface area contributed by atoms with Crippen LogP contribution in [0.1, 0.15) is 27.8 Å². The van der Waals surface area contributed by atoms with E-state index in [0.717, 1.165) is 28.7 Å². The van der Waals surface area contributed by atoms with Crippen LogP contribution in [-0.2, 0) is 11.2 Å². The smallest absolute Gasteiger partial charge is 0.234 e. The molecule has 1 heteroatoms. The van der Waals surface area contributed by atoms with E-state index >= 15 is 0 Å². The summed E-state index contributed by atoms with van der Waals surface area (Å²) in [4.78, 5) is 11.1. The van der Waals surface area contributed by atoms with Crippen LogP contribution < -0.4 is 0 Å². The fourth-order valence-corrected chi connectivity index (χ4v) is 3.24. The third-order valence-electron chi connectivity index (χ3n) is 4.79. The Morgan fingerprint density at radius 3 is 1.76 bits per heavy atom. The van der Waals surface area contributed by atoms with Crippen molar-refractivity contribution in [3.63, 3.8) is 0 Å². The molecular weight excluding hydrogens is 352 g/mol. The fourth-order valence-electron chi connectivity index (χ4n) is 3.24. The van der Waals surface area contributed by atoms with Crippen molar-refractivity contribution in [3.8, 4) is 23.0 Å². The molecule has 0 aliphatic rings. The van der Waals surface area contributed by atoms with E-state index in [9.17, 15) is 4.79 Å². The van der Waals surface area contributed by atoms with Crippen LogP contribution in [0.25, 0.3) is 11.1 Å². The molecule has 29 heavy (non-hydrogen) atoms. The van der Waals surface area contributed by atoms with Gasteiger partial charge >= 0.3 is 0 Å². The van der Waals surface area contributed by atoms with E-state index in [1.165, 1.54) is 11.1 Å². The van der Waals surface area contributed by atoms with Gasteiger partial charge in [0.1, 0.15) is 0 Å². The molecule has 4 aromatic rings. The Morgan fingerprint density at radius 2 is 1.10 bits per heavy atom. The molecule has 0 heterocycles. The Labute approximate surface area is 171 Å². The molecule has 4 aromatic carbocycles. The number of rotatable bonds is 4. The van der Waals surface area contributed by atoms with Crippen LogP contribution >= 0.6 is 0 Å². The summed E-state index contributed by atoms with van der Waals surface area (Å²) in [6.45, 7) is 0. The third-order valence-corrected chi connectivity index (χ3v) is 4.79. The molecule has 4 rings (SSSR count). The maximum absolute atomic E-state index is 11.1. The molecule has 0 saturated carbocycles. The van der Waals surface area contributed by atoms with Gasteiger partial charge in [-0.3, -0.25) is 4.79 Å². The Bertz CT molecular complexity index is 1160. The predicted molar refractivity (Wildman–Crippen MR) is 118 cm³/mol. The number of hydrogen-bond acceptors (Lipinski definition) is 1. The zero-order valence-corrected chi connectivity index (χ0v) is 15.9. The van der Waals surface area contributed by atoms with Gasteiger partial charge in [-0.2, -0.15) is 0 Å². The van der Waals surface area contributed by atoms with E-state index in [0.29, 0.717) is 5.56 Å². The normalized spacial score (nSPS) is 10.1. The molecule has 0 unspecified atom stereocenters. The molecule has 1 nitrogen and oxygen atoms in total. The minimum Gasteiger partial charge on any atom is -0.285 e. The molecule has 137 valence electrons. The summed E-state index contributed by atoms with van der Waals surface area (Å²) in [5.74, 6) is 6.43. The molecule has 0 saturated heterocycles. The Kier molecular flexibility index (Phi) is 5.65. The fraction of sp³-hybridized carbons (Fsp3) is 0.0357. The second-order valence-electron chi connectivity index (χ2n) is 6.83. The molecule has 0 amide bonds. The van der Waals surface area contributed by atoms with Crippen molar-refractivity contribution in [2.24, 2.45) is 0 Å². The van der Waals surface area contributed by atoms with Crippen LogP contribution in [-0.4, -0.2) is 6.29 Å². The third kappa shape index (κ3) is 4.69. The Hall–Kier alpha value is -3.89. The summed E-state index contributed by atoms with van der Waals surface area (Å²) in [5.41, 5.74) is 6.95. The largest absolute Gasteiger partial charge is 0.285 e. The molecule has 0 N–H and O–H groups in total. The monoisotopic (exact) mass is 371 g/mol. The SMILES string of the molecule is O=[C]c1ccccc1-c1ccc(C#Cc2ccc(Cc3ccccc3)cc2)cc1. The highest BCUT2D eigenvalue weighted by atomic mass is 16.1. The van der Waals surface area contributed by atoms with Crippen molar-refractivity contribution in [1.29, 1.82) is 0 Å². The van der Waals surface area contributed by atoms with Gasteiger partial charge in [-0.25, -0.2) is 0 Å². The van der Waals surface area contributed by atoms with Gasteiger partial charge < -0.3 is 0 Å². The first-order valence-corrected chi connectivity index (χ1v) is 9.54. The maximum atomic E-state index is 11.1. The first kappa shape index (κ1) is 18.5. The second kappa shape index (κ2) is 8.87. The van der Waals surface area contributed by atoms with E-state index in [1.54, 1.807) is 6.07 Å². The lowest BCUT2D eigenvalue weighted by atomic mass is 9.99. The Balaban J connectivity index is 1.47. The average molecular weight is 371 g/mol. The highest BCUT2D eigenvalue weighted by molar-refractivity contribution is 5.87. The van der Waals surface area contributed by atoms with Gasteiger partial charge in [0.2, 0.25) is 6.29 Å². The highest BCUT2D eigenvalue weighted by Crippen LogP contribution is 2.22. The first-order chi connectivity index (χ1) is 14.3. The number of benzene rings is 4. The van der Waals surface area contributed by atoms with E-state index in [-0.39, 0.29) is 0 Å². The average Bonchev–Trinajstić information content (AvgIpc) is 2.80. The van der Waals surface area contributed by atoms with Crippen LogP contribution in [0.5, 0.6) is 0 Å². The standard InChI is InChI=1S/C28H19O/c29-21-27-8-4-5-9-28(27)26-18-16-23(17-19-26)11-10-22-12-14-25(15-13-22)20-24-6-2-1-3-7-24/h1-9,12-19H,20H2. The summed E-state index contributed by atoms with van der Waals surface area (Å²) in [5, 5.41) is 0. The molecule has 0 bridgehead atoms. The summed E-state index contributed by atoms with van der Waals surface area (Å²) in [7, 11) is 0. The van der Waals surface area contributed by atoms with Crippen molar-refractivity contribution in [2.45, 2.75) is 6.42 Å². The van der Waals surface area contributed by atoms with Gasteiger partial charge in [0.05, 0.1) is 0 Å². The van der Waals surface area contributed by atoms with Crippen molar-refractivity contribution in [2.75, 3.05) is 0 Å². The molecule has 0 atom stereocenters. The van der Waals surface area contributed by atoms with E-state index in [4.69, 9.17) is 0 Å². The van der Waals surface area contributed by atoms with Crippen molar-refractivity contribution < 1.29 is 4.79 Å². The minimum absolute atomic E-state index is 0.571. The maximum Gasteiger partial charge on any atom is 0.234 e. The summed E-state index contributed by atoms with van der Waals surface area (Å²) < 4.78 is 0. The summed E-state index contributed by atoms with van der Waals surface area (Å²) in [6, 6.07) is 34.3. The zero-order valence-electron chi connectivity index (χ0n) is 15.9. The number of carbonyl (C=O) groups excluding carboxylic acids is 1. The summed E-state index contributed by atoms with van der Waals surface area (Å²) in [6.07, 6.45) is 2.92.